The molecule has 2 atom stereocenters. The van der Waals surface area contributed by atoms with Crippen molar-refractivity contribution in [1.29, 1.82) is 0 Å². The Morgan fingerprint density at radius 3 is 2.67 bits per heavy atom. The zero-order chi connectivity index (χ0) is 14.7. The van der Waals surface area contributed by atoms with Crippen LogP contribution in [0.15, 0.2) is 4.52 Å². The van der Waals surface area contributed by atoms with Gasteiger partial charge in [0.2, 0.25) is 11.7 Å². The fraction of sp³-hybridized carbons (Fsp3) is 0.875. The van der Waals surface area contributed by atoms with E-state index < -0.39 is 0 Å². The number of methoxy groups -OCH3 is 1. The zero-order valence-corrected chi connectivity index (χ0v) is 13.0. The van der Waals surface area contributed by atoms with Crippen LogP contribution in [0.2, 0.25) is 0 Å². The van der Waals surface area contributed by atoms with Crippen LogP contribution >= 0.6 is 0 Å². The molecule has 1 heterocycles. The number of nitrogens with zero attached hydrogens (tertiary/aromatic N) is 2. The number of rotatable bonds is 4. The predicted octanol–water partition coefficient (Wildman–Crippen LogP) is 2.94. The van der Waals surface area contributed by atoms with E-state index in [1.54, 1.807) is 7.11 Å². The SMILES string of the molecule is COC1(c2noc(CC3CCCCC3N)n2)CCCCC1. The van der Waals surface area contributed by atoms with Gasteiger partial charge in [0, 0.05) is 19.6 Å². The Hall–Kier alpha value is -0.940. The molecule has 0 saturated heterocycles. The highest BCUT2D eigenvalue weighted by atomic mass is 16.5. The molecule has 0 bridgehead atoms. The fourth-order valence-corrected chi connectivity index (χ4v) is 3.88. The van der Waals surface area contributed by atoms with E-state index in [0.717, 1.165) is 37.4 Å². The van der Waals surface area contributed by atoms with Gasteiger partial charge in [-0.3, -0.25) is 0 Å². The second kappa shape index (κ2) is 6.44. The second-order valence-corrected chi connectivity index (χ2v) is 6.68. The average molecular weight is 293 g/mol. The zero-order valence-electron chi connectivity index (χ0n) is 13.0. The van der Waals surface area contributed by atoms with Crippen molar-refractivity contribution in [3.8, 4) is 0 Å². The molecule has 118 valence electrons. The summed E-state index contributed by atoms with van der Waals surface area (Å²) < 4.78 is 11.3. The Morgan fingerprint density at radius 2 is 1.95 bits per heavy atom. The number of nitrogens with two attached hydrogens (primary N) is 1. The summed E-state index contributed by atoms with van der Waals surface area (Å²) in [6.45, 7) is 0. The van der Waals surface area contributed by atoms with Gasteiger partial charge in [-0.15, -0.1) is 0 Å². The van der Waals surface area contributed by atoms with E-state index in [4.69, 9.17) is 15.0 Å². The molecule has 5 heteroatoms. The smallest absolute Gasteiger partial charge is 0.227 e. The van der Waals surface area contributed by atoms with Gasteiger partial charge in [-0.1, -0.05) is 37.3 Å². The third-order valence-electron chi connectivity index (χ3n) is 5.33. The summed E-state index contributed by atoms with van der Waals surface area (Å²) in [6.07, 6.45) is 11.2. The summed E-state index contributed by atoms with van der Waals surface area (Å²) in [5.74, 6) is 1.95. The van der Waals surface area contributed by atoms with Crippen LogP contribution in [0.3, 0.4) is 0 Å². The van der Waals surface area contributed by atoms with Gasteiger partial charge in [-0.25, -0.2) is 0 Å². The molecule has 1 aromatic rings. The van der Waals surface area contributed by atoms with Gasteiger partial charge in [-0.2, -0.15) is 4.98 Å². The summed E-state index contributed by atoms with van der Waals surface area (Å²) in [6, 6.07) is 0.278. The number of ether oxygens (including phenoxy) is 1. The van der Waals surface area contributed by atoms with Crippen LogP contribution in [-0.2, 0) is 16.8 Å². The average Bonchev–Trinajstić information content (AvgIpc) is 2.99. The van der Waals surface area contributed by atoms with Gasteiger partial charge < -0.3 is 15.0 Å². The summed E-state index contributed by atoms with van der Waals surface area (Å²) in [4.78, 5) is 4.65. The van der Waals surface area contributed by atoms with Crippen LogP contribution in [0.4, 0.5) is 0 Å². The Labute approximate surface area is 126 Å². The van der Waals surface area contributed by atoms with Gasteiger partial charge >= 0.3 is 0 Å². The predicted molar refractivity (Wildman–Crippen MR) is 79.7 cm³/mol. The normalized spacial score (nSPS) is 29.4. The molecule has 0 amide bonds. The van der Waals surface area contributed by atoms with Crippen LogP contribution in [0, 0.1) is 5.92 Å². The molecular weight excluding hydrogens is 266 g/mol. The monoisotopic (exact) mass is 293 g/mol. The van der Waals surface area contributed by atoms with E-state index >= 15 is 0 Å². The maximum absolute atomic E-state index is 6.21. The molecule has 5 nitrogen and oxygen atoms in total. The quantitative estimate of drug-likeness (QED) is 0.924. The molecule has 2 aliphatic carbocycles. The van der Waals surface area contributed by atoms with Crippen molar-refractivity contribution >= 4 is 0 Å². The van der Waals surface area contributed by atoms with E-state index in [1.807, 2.05) is 0 Å². The van der Waals surface area contributed by atoms with E-state index in [-0.39, 0.29) is 11.6 Å². The maximum Gasteiger partial charge on any atom is 0.227 e. The highest BCUT2D eigenvalue weighted by Crippen LogP contribution is 2.38. The Kier molecular flexibility index (Phi) is 4.60. The highest BCUT2D eigenvalue weighted by Gasteiger charge is 2.38. The van der Waals surface area contributed by atoms with Crippen LogP contribution < -0.4 is 5.73 Å². The minimum absolute atomic E-state index is 0.278. The highest BCUT2D eigenvalue weighted by molar-refractivity contribution is 5.04. The lowest BCUT2D eigenvalue weighted by Crippen LogP contribution is -2.34. The molecule has 21 heavy (non-hydrogen) atoms. The molecule has 2 fully saturated rings. The van der Waals surface area contributed by atoms with Crippen molar-refractivity contribution in [2.45, 2.75) is 75.9 Å². The molecule has 3 rings (SSSR count). The number of hydrogen-bond acceptors (Lipinski definition) is 5. The third kappa shape index (κ3) is 3.14. The van der Waals surface area contributed by atoms with E-state index in [1.165, 1.54) is 38.5 Å². The topological polar surface area (TPSA) is 74.2 Å². The van der Waals surface area contributed by atoms with Crippen molar-refractivity contribution in [2.75, 3.05) is 7.11 Å². The fourth-order valence-electron chi connectivity index (χ4n) is 3.88. The molecule has 0 aromatic carbocycles. The van der Waals surface area contributed by atoms with Crippen LogP contribution in [0.25, 0.3) is 0 Å². The Morgan fingerprint density at radius 1 is 1.19 bits per heavy atom. The summed E-state index contributed by atoms with van der Waals surface area (Å²) in [7, 11) is 1.76. The Bertz CT molecular complexity index is 454. The van der Waals surface area contributed by atoms with Crippen LogP contribution in [0.5, 0.6) is 0 Å². The molecule has 2 saturated carbocycles. The summed E-state index contributed by atoms with van der Waals surface area (Å²) in [5, 5.41) is 4.22. The van der Waals surface area contributed by atoms with Crippen LogP contribution in [0.1, 0.15) is 69.5 Å². The van der Waals surface area contributed by atoms with Gasteiger partial charge in [0.25, 0.3) is 0 Å². The molecule has 0 radical (unpaired) electrons. The van der Waals surface area contributed by atoms with Crippen molar-refractivity contribution < 1.29 is 9.26 Å². The first kappa shape index (κ1) is 15.0. The molecule has 2 N–H and O–H groups in total. The number of aromatic nitrogens is 2. The first-order valence-corrected chi connectivity index (χ1v) is 8.37. The molecular formula is C16H27N3O2. The largest absolute Gasteiger partial charge is 0.370 e. The Balaban J connectivity index is 1.70. The molecule has 0 spiro atoms. The van der Waals surface area contributed by atoms with Crippen molar-refractivity contribution in [3.63, 3.8) is 0 Å². The van der Waals surface area contributed by atoms with E-state index in [2.05, 4.69) is 10.1 Å². The van der Waals surface area contributed by atoms with Crippen molar-refractivity contribution in [2.24, 2.45) is 11.7 Å². The van der Waals surface area contributed by atoms with Gasteiger partial charge in [0.05, 0.1) is 0 Å². The second-order valence-electron chi connectivity index (χ2n) is 6.68. The lowest BCUT2D eigenvalue weighted by atomic mass is 9.83. The van der Waals surface area contributed by atoms with Gasteiger partial charge in [-0.05, 0) is 31.6 Å². The van der Waals surface area contributed by atoms with E-state index in [9.17, 15) is 0 Å². The standard InChI is InChI=1S/C16H27N3O2/c1-20-16(9-5-2-6-10-16)15-18-14(21-19-15)11-12-7-3-4-8-13(12)17/h12-13H,2-11,17H2,1H3. The molecule has 1 aromatic heterocycles. The van der Waals surface area contributed by atoms with Gasteiger partial charge in [0.1, 0.15) is 5.60 Å². The van der Waals surface area contributed by atoms with E-state index in [0.29, 0.717) is 5.92 Å². The molecule has 2 unspecified atom stereocenters. The van der Waals surface area contributed by atoms with Crippen LogP contribution in [-0.4, -0.2) is 23.3 Å². The van der Waals surface area contributed by atoms with Gasteiger partial charge in [0.15, 0.2) is 0 Å². The first-order valence-electron chi connectivity index (χ1n) is 8.37. The van der Waals surface area contributed by atoms with Crippen molar-refractivity contribution in [3.05, 3.63) is 11.7 Å². The van der Waals surface area contributed by atoms with Crippen molar-refractivity contribution in [1.82, 2.24) is 10.1 Å². The minimum atomic E-state index is -0.325. The lowest BCUT2D eigenvalue weighted by Gasteiger charge is -2.32. The summed E-state index contributed by atoms with van der Waals surface area (Å²) >= 11 is 0. The lowest BCUT2D eigenvalue weighted by molar-refractivity contribution is -0.0527. The maximum atomic E-state index is 6.21. The number of hydrogen-bond donors (Lipinski definition) is 1. The summed E-state index contributed by atoms with van der Waals surface area (Å²) in [5.41, 5.74) is 5.89. The molecule has 2 aliphatic rings. The first-order chi connectivity index (χ1) is 10.2. The third-order valence-corrected chi connectivity index (χ3v) is 5.33. The minimum Gasteiger partial charge on any atom is -0.370 e. The molecule has 0 aliphatic heterocycles.